The van der Waals surface area contributed by atoms with Crippen LogP contribution in [0.25, 0.3) is 16.8 Å². The lowest BCUT2D eigenvalue weighted by molar-refractivity contribution is -0.274. The second-order valence-electron chi connectivity index (χ2n) is 7.82. The Kier molecular flexibility index (Phi) is 6.22. The number of halogens is 3. The molecule has 0 radical (unpaired) electrons. The number of ether oxygens (including phenoxy) is 4. The molecule has 1 saturated heterocycles. The summed E-state index contributed by atoms with van der Waals surface area (Å²) in [6.45, 7) is 2.69. The van der Waals surface area contributed by atoms with Crippen LogP contribution in [0, 0.1) is 0 Å². The number of rotatable bonds is 7. The van der Waals surface area contributed by atoms with Crippen LogP contribution in [0.1, 0.15) is 13.0 Å². The van der Waals surface area contributed by atoms with Gasteiger partial charge in [0.25, 0.3) is 0 Å². The van der Waals surface area contributed by atoms with Gasteiger partial charge in [-0.3, -0.25) is 0 Å². The Balaban J connectivity index is 1.39. The molecule has 4 heterocycles. The van der Waals surface area contributed by atoms with E-state index >= 15 is 0 Å². The van der Waals surface area contributed by atoms with Gasteiger partial charge in [-0.1, -0.05) is 12.1 Å². The fourth-order valence-electron chi connectivity index (χ4n) is 3.84. The van der Waals surface area contributed by atoms with Crippen molar-refractivity contribution in [3.63, 3.8) is 0 Å². The summed E-state index contributed by atoms with van der Waals surface area (Å²) >= 11 is 0. The van der Waals surface area contributed by atoms with Gasteiger partial charge in [-0.15, -0.1) is 18.3 Å². The Morgan fingerprint density at radius 3 is 2.61 bits per heavy atom. The maximum Gasteiger partial charge on any atom is 0.573 e. The molecule has 188 valence electrons. The smallest absolute Gasteiger partial charge is 0.478 e. The van der Waals surface area contributed by atoms with Crippen LogP contribution in [0.5, 0.6) is 17.6 Å². The summed E-state index contributed by atoms with van der Waals surface area (Å²) in [7, 11) is 0. The van der Waals surface area contributed by atoms with E-state index in [4.69, 9.17) is 14.2 Å². The highest BCUT2D eigenvalue weighted by Crippen LogP contribution is 2.27. The van der Waals surface area contributed by atoms with E-state index in [-0.39, 0.29) is 25.0 Å². The topological polar surface area (TPSA) is 102 Å². The van der Waals surface area contributed by atoms with Crippen molar-refractivity contribution in [1.82, 2.24) is 24.1 Å². The summed E-state index contributed by atoms with van der Waals surface area (Å²) in [5.74, 6) is 0.0359. The van der Waals surface area contributed by atoms with Gasteiger partial charge in [0.05, 0.1) is 19.8 Å². The molecule has 0 saturated carbocycles. The molecule has 1 aromatic carbocycles. The molecule has 4 aromatic rings. The molecular weight excluding hydrogens is 483 g/mol. The molecule has 0 aliphatic carbocycles. The lowest BCUT2D eigenvalue weighted by Crippen LogP contribution is -2.35. The van der Waals surface area contributed by atoms with E-state index in [1.54, 1.807) is 24.4 Å². The lowest BCUT2D eigenvalue weighted by atomic mass is 10.1. The van der Waals surface area contributed by atoms with E-state index < -0.39 is 24.2 Å². The van der Waals surface area contributed by atoms with Gasteiger partial charge in [0.15, 0.2) is 11.8 Å². The SMILES string of the molecule is CCOc1ccnc(OC2COCC2n2nc3ccc(-c4ccc(OC(F)(F)F)cc4)cn3c2=O)n1. The fraction of sp³-hybridized carbons (Fsp3) is 0.304. The number of pyridine rings is 1. The summed E-state index contributed by atoms with van der Waals surface area (Å²) < 4.78 is 60.6. The van der Waals surface area contributed by atoms with Crippen LogP contribution in [0.2, 0.25) is 0 Å². The van der Waals surface area contributed by atoms with Gasteiger partial charge < -0.3 is 18.9 Å². The number of fused-ring (bicyclic) bond motifs is 1. The molecule has 1 aliphatic rings. The van der Waals surface area contributed by atoms with E-state index in [2.05, 4.69) is 19.8 Å². The summed E-state index contributed by atoms with van der Waals surface area (Å²) in [5.41, 5.74) is 1.18. The standard InChI is InChI=1S/C23H20F3N5O5/c1-2-34-20-9-10-27-21(28-20)35-18-13-33-12-17(18)31-22(32)30-11-15(5-8-19(30)29-31)14-3-6-16(7-4-14)36-23(24,25)26/h3-11,17-18H,2,12-13H2,1H3. The highest BCUT2D eigenvalue weighted by Gasteiger charge is 2.35. The van der Waals surface area contributed by atoms with Crippen molar-refractivity contribution in [3.05, 3.63) is 65.3 Å². The fourth-order valence-corrected chi connectivity index (χ4v) is 3.84. The van der Waals surface area contributed by atoms with Gasteiger partial charge in [0.1, 0.15) is 11.8 Å². The Hall–Kier alpha value is -4.13. The van der Waals surface area contributed by atoms with E-state index in [1.807, 2.05) is 6.92 Å². The van der Waals surface area contributed by atoms with Crippen molar-refractivity contribution < 1.29 is 32.1 Å². The molecular formula is C23H20F3N5O5. The Labute approximate surface area is 201 Å². The second kappa shape index (κ2) is 9.49. The number of nitrogens with zero attached hydrogens (tertiary/aromatic N) is 5. The van der Waals surface area contributed by atoms with E-state index in [0.717, 1.165) is 0 Å². The molecule has 0 spiro atoms. The van der Waals surface area contributed by atoms with E-state index in [9.17, 15) is 18.0 Å². The van der Waals surface area contributed by atoms with Crippen LogP contribution >= 0.6 is 0 Å². The quantitative estimate of drug-likeness (QED) is 0.379. The third-order valence-corrected chi connectivity index (χ3v) is 5.43. The first-order chi connectivity index (χ1) is 17.3. The minimum absolute atomic E-state index is 0.0958. The number of hydrogen-bond donors (Lipinski definition) is 0. The van der Waals surface area contributed by atoms with Gasteiger partial charge in [0.2, 0.25) is 5.88 Å². The van der Waals surface area contributed by atoms with Crippen molar-refractivity contribution in [1.29, 1.82) is 0 Å². The van der Waals surface area contributed by atoms with Crippen molar-refractivity contribution in [3.8, 4) is 28.8 Å². The molecule has 0 bridgehead atoms. The van der Waals surface area contributed by atoms with Crippen LogP contribution in [-0.4, -0.2) is 56.4 Å². The number of alkyl halides is 3. The molecule has 0 amide bonds. The molecule has 5 rings (SSSR count). The van der Waals surface area contributed by atoms with Gasteiger partial charge in [-0.05, 0) is 42.3 Å². The largest absolute Gasteiger partial charge is 0.573 e. The molecule has 36 heavy (non-hydrogen) atoms. The minimum Gasteiger partial charge on any atom is -0.478 e. The van der Waals surface area contributed by atoms with Crippen LogP contribution in [0.3, 0.4) is 0 Å². The zero-order valence-corrected chi connectivity index (χ0v) is 18.9. The molecule has 2 unspecified atom stereocenters. The molecule has 10 nitrogen and oxygen atoms in total. The zero-order valence-electron chi connectivity index (χ0n) is 18.9. The van der Waals surface area contributed by atoms with Crippen molar-refractivity contribution in [2.45, 2.75) is 25.4 Å². The minimum atomic E-state index is -4.77. The van der Waals surface area contributed by atoms with Crippen LogP contribution < -0.4 is 19.9 Å². The predicted octanol–water partition coefficient (Wildman–Crippen LogP) is 3.27. The summed E-state index contributed by atoms with van der Waals surface area (Å²) in [6, 6.07) is 9.91. The van der Waals surface area contributed by atoms with Crippen LogP contribution in [0.4, 0.5) is 13.2 Å². The van der Waals surface area contributed by atoms with Crippen LogP contribution in [-0.2, 0) is 4.74 Å². The summed E-state index contributed by atoms with van der Waals surface area (Å²) in [4.78, 5) is 21.5. The molecule has 1 fully saturated rings. The first kappa shape index (κ1) is 23.6. The highest BCUT2D eigenvalue weighted by molar-refractivity contribution is 5.65. The summed E-state index contributed by atoms with van der Waals surface area (Å²) in [5, 5.41) is 4.42. The maximum atomic E-state index is 13.2. The second-order valence-corrected chi connectivity index (χ2v) is 7.82. The number of benzene rings is 1. The highest BCUT2D eigenvalue weighted by atomic mass is 19.4. The molecule has 0 N–H and O–H groups in total. The Morgan fingerprint density at radius 2 is 1.86 bits per heavy atom. The maximum absolute atomic E-state index is 13.2. The lowest BCUT2D eigenvalue weighted by Gasteiger charge is -2.17. The van der Waals surface area contributed by atoms with Gasteiger partial charge in [0, 0.05) is 18.5 Å². The van der Waals surface area contributed by atoms with E-state index in [0.29, 0.717) is 29.3 Å². The third kappa shape index (κ3) is 4.96. The van der Waals surface area contributed by atoms with Crippen molar-refractivity contribution in [2.75, 3.05) is 19.8 Å². The summed E-state index contributed by atoms with van der Waals surface area (Å²) in [6.07, 6.45) is -2.25. The van der Waals surface area contributed by atoms with Crippen molar-refractivity contribution >= 4 is 5.65 Å². The van der Waals surface area contributed by atoms with Crippen LogP contribution in [0.15, 0.2) is 59.7 Å². The molecule has 1 aliphatic heterocycles. The third-order valence-electron chi connectivity index (χ3n) is 5.43. The van der Waals surface area contributed by atoms with Gasteiger partial charge in [-0.25, -0.2) is 18.9 Å². The Morgan fingerprint density at radius 1 is 1.08 bits per heavy atom. The van der Waals surface area contributed by atoms with Gasteiger partial charge >= 0.3 is 18.1 Å². The number of aromatic nitrogens is 5. The zero-order chi connectivity index (χ0) is 25.3. The number of hydrogen-bond acceptors (Lipinski definition) is 8. The average molecular weight is 503 g/mol. The van der Waals surface area contributed by atoms with E-state index in [1.165, 1.54) is 39.5 Å². The molecule has 3 aromatic heterocycles. The Bertz CT molecular complexity index is 1420. The molecule has 13 heteroatoms. The predicted molar refractivity (Wildman–Crippen MR) is 119 cm³/mol. The monoisotopic (exact) mass is 503 g/mol. The van der Waals surface area contributed by atoms with Crippen molar-refractivity contribution in [2.24, 2.45) is 0 Å². The first-order valence-corrected chi connectivity index (χ1v) is 11.0. The normalized spacial score (nSPS) is 17.9. The first-order valence-electron chi connectivity index (χ1n) is 11.0. The molecule has 2 atom stereocenters. The average Bonchev–Trinajstić information content (AvgIpc) is 3.42. The van der Waals surface area contributed by atoms with Gasteiger partial charge in [-0.2, -0.15) is 4.98 Å².